The number of benzene rings is 1. The first-order valence-electron chi connectivity index (χ1n) is 6.53. The number of rotatable bonds is 5. The Morgan fingerprint density at radius 2 is 2.05 bits per heavy atom. The van der Waals surface area contributed by atoms with E-state index in [0.29, 0.717) is 17.1 Å². The molecule has 0 heterocycles. The van der Waals surface area contributed by atoms with Crippen LogP contribution in [0.1, 0.15) is 39.4 Å². The lowest BCUT2D eigenvalue weighted by atomic mass is 10.1. The third kappa shape index (κ3) is 5.09. The first kappa shape index (κ1) is 16.3. The van der Waals surface area contributed by atoms with E-state index in [2.05, 4.69) is 5.32 Å². The molecule has 20 heavy (non-hydrogen) atoms. The number of nitrogens with one attached hydrogen (secondary N) is 1. The molecule has 5 nitrogen and oxygen atoms in total. The highest BCUT2D eigenvalue weighted by Crippen LogP contribution is 2.29. The summed E-state index contributed by atoms with van der Waals surface area (Å²) in [6, 6.07) is 5.12. The molecule has 112 valence electrons. The third-order valence-corrected chi connectivity index (χ3v) is 2.54. The van der Waals surface area contributed by atoms with Gasteiger partial charge in [-0.05, 0) is 39.8 Å². The quantitative estimate of drug-likeness (QED) is 0.866. The van der Waals surface area contributed by atoms with Gasteiger partial charge >= 0.3 is 0 Å². The van der Waals surface area contributed by atoms with Crippen LogP contribution in [0, 0.1) is 0 Å². The van der Waals surface area contributed by atoms with Gasteiger partial charge in [-0.2, -0.15) is 0 Å². The van der Waals surface area contributed by atoms with E-state index in [0.717, 1.165) is 0 Å². The second-order valence-corrected chi connectivity index (χ2v) is 5.67. The molecule has 0 spiro atoms. The fourth-order valence-corrected chi connectivity index (χ4v) is 1.71. The zero-order chi connectivity index (χ0) is 15.3. The van der Waals surface area contributed by atoms with Crippen LogP contribution in [-0.4, -0.2) is 30.3 Å². The maximum atomic E-state index is 11.7. The molecule has 1 rings (SSSR count). The van der Waals surface area contributed by atoms with Crippen molar-refractivity contribution in [1.82, 2.24) is 5.32 Å². The Labute approximate surface area is 119 Å². The number of carbonyl (C=O) groups is 1. The van der Waals surface area contributed by atoms with Crippen molar-refractivity contribution < 1.29 is 19.4 Å². The van der Waals surface area contributed by atoms with E-state index in [1.807, 2.05) is 20.8 Å². The SMILES string of the molecule is COc1ccc([C@@H](C)O)c(OCC(=O)NC(C)(C)C)c1. The Morgan fingerprint density at radius 1 is 1.40 bits per heavy atom. The minimum absolute atomic E-state index is 0.107. The second-order valence-electron chi connectivity index (χ2n) is 5.67. The zero-order valence-corrected chi connectivity index (χ0v) is 12.7. The van der Waals surface area contributed by atoms with Crippen molar-refractivity contribution in [3.05, 3.63) is 23.8 Å². The van der Waals surface area contributed by atoms with Crippen LogP contribution >= 0.6 is 0 Å². The van der Waals surface area contributed by atoms with E-state index >= 15 is 0 Å². The molecule has 0 bridgehead atoms. The zero-order valence-electron chi connectivity index (χ0n) is 12.7. The van der Waals surface area contributed by atoms with Crippen molar-refractivity contribution in [1.29, 1.82) is 0 Å². The molecule has 1 amide bonds. The van der Waals surface area contributed by atoms with Crippen molar-refractivity contribution in [2.75, 3.05) is 13.7 Å². The lowest BCUT2D eigenvalue weighted by Crippen LogP contribution is -2.43. The molecule has 0 aliphatic carbocycles. The van der Waals surface area contributed by atoms with E-state index in [-0.39, 0.29) is 18.1 Å². The molecule has 0 fully saturated rings. The largest absolute Gasteiger partial charge is 0.497 e. The van der Waals surface area contributed by atoms with Gasteiger partial charge < -0.3 is 19.9 Å². The predicted octanol–water partition coefficient (Wildman–Crippen LogP) is 2.04. The number of amides is 1. The molecule has 0 radical (unpaired) electrons. The maximum absolute atomic E-state index is 11.7. The Kier molecular flexibility index (Phi) is 5.39. The average Bonchev–Trinajstić information content (AvgIpc) is 2.33. The number of methoxy groups -OCH3 is 1. The molecule has 0 saturated heterocycles. The molecule has 0 saturated carbocycles. The van der Waals surface area contributed by atoms with Gasteiger partial charge in [-0.3, -0.25) is 4.79 Å². The van der Waals surface area contributed by atoms with Crippen LogP contribution in [0.4, 0.5) is 0 Å². The molecule has 2 N–H and O–H groups in total. The summed E-state index contributed by atoms with van der Waals surface area (Å²) in [6.45, 7) is 7.24. The van der Waals surface area contributed by atoms with Gasteiger partial charge in [0.15, 0.2) is 6.61 Å². The summed E-state index contributed by atoms with van der Waals surface area (Å²) < 4.78 is 10.6. The van der Waals surface area contributed by atoms with Gasteiger partial charge in [-0.25, -0.2) is 0 Å². The molecule has 1 atom stereocenters. The van der Waals surface area contributed by atoms with Crippen molar-refractivity contribution >= 4 is 5.91 Å². The molecule has 0 aromatic heterocycles. The standard InChI is InChI=1S/C15H23NO4/c1-10(17)12-7-6-11(19-5)8-13(12)20-9-14(18)16-15(2,3)4/h6-8,10,17H,9H2,1-5H3,(H,16,18)/t10-/m1/s1. The van der Waals surface area contributed by atoms with E-state index < -0.39 is 6.10 Å². The molecular formula is C15H23NO4. The van der Waals surface area contributed by atoms with Gasteiger partial charge in [-0.1, -0.05) is 0 Å². The van der Waals surface area contributed by atoms with E-state index in [1.54, 1.807) is 32.2 Å². The van der Waals surface area contributed by atoms with Crippen molar-refractivity contribution in [3.8, 4) is 11.5 Å². The van der Waals surface area contributed by atoms with Crippen LogP contribution < -0.4 is 14.8 Å². The van der Waals surface area contributed by atoms with Gasteiger partial charge in [0.1, 0.15) is 11.5 Å². The summed E-state index contributed by atoms with van der Waals surface area (Å²) in [4.78, 5) is 11.7. The Morgan fingerprint density at radius 3 is 2.55 bits per heavy atom. The third-order valence-electron chi connectivity index (χ3n) is 2.54. The number of hydrogen-bond acceptors (Lipinski definition) is 4. The van der Waals surface area contributed by atoms with Crippen molar-refractivity contribution in [3.63, 3.8) is 0 Å². The van der Waals surface area contributed by atoms with Crippen LogP contribution in [0.15, 0.2) is 18.2 Å². The number of carbonyl (C=O) groups excluding carboxylic acids is 1. The average molecular weight is 281 g/mol. The normalized spacial score (nSPS) is 12.7. The lowest BCUT2D eigenvalue weighted by molar-refractivity contribution is -0.124. The Bertz CT molecular complexity index is 463. The topological polar surface area (TPSA) is 67.8 Å². The molecule has 0 unspecified atom stereocenters. The number of aliphatic hydroxyl groups excluding tert-OH is 1. The van der Waals surface area contributed by atoms with Crippen LogP contribution in [0.5, 0.6) is 11.5 Å². The van der Waals surface area contributed by atoms with Gasteiger partial charge in [0.05, 0.1) is 13.2 Å². The van der Waals surface area contributed by atoms with Crippen LogP contribution in [0.2, 0.25) is 0 Å². The van der Waals surface area contributed by atoms with Gasteiger partial charge in [0.25, 0.3) is 5.91 Å². The summed E-state index contributed by atoms with van der Waals surface area (Å²) in [5, 5.41) is 12.5. The number of ether oxygens (including phenoxy) is 2. The van der Waals surface area contributed by atoms with E-state index in [1.165, 1.54) is 0 Å². The Balaban J connectivity index is 2.78. The highest BCUT2D eigenvalue weighted by molar-refractivity contribution is 5.78. The Hall–Kier alpha value is -1.75. The number of aliphatic hydroxyl groups is 1. The van der Waals surface area contributed by atoms with Gasteiger partial charge in [0, 0.05) is 17.2 Å². The fraction of sp³-hybridized carbons (Fsp3) is 0.533. The number of hydrogen-bond donors (Lipinski definition) is 2. The highest BCUT2D eigenvalue weighted by atomic mass is 16.5. The van der Waals surface area contributed by atoms with Gasteiger partial charge in [-0.15, -0.1) is 0 Å². The summed E-state index contributed by atoms with van der Waals surface area (Å²) in [6.07, 6.45) is -0.679. The van der Waals surface area contributed by atoms with Crippen LogP contribution in [0.25, 0.3) is 0 Å². The first-order valence-corrected chi connectivity index (χ1v) is 6.53. The minimum Gasteiger partial charge on any atom is -0.497 e. The molecular weight excluding hydrogens is 258 g/mol. The molecule has 1 aromatic carbocycles. The van der Waals surface area contributed by atoms with Crippen molar-refractivity contribution in [2.24, 2.45) is 0 Å². The van der Waals surface area contributed by atoms with Crippen LogP contribution in [-0.2, 0) is 4.79 Å². The molecule has 0 aliphatic rings. The maximum Gasteiger partial charge on any atom is 0.258 e. The fourth-order valence-electron chi connectivity index (χ4n) is 1.71. The first-order chi connectivity index (χ1) is 9.23. The molecule has 5 heteroatoms. The van der Waals surface area contributed by atoms with E-state index in [9.17, 15) is 9.90 Å². The monoisotopic (exact) mass is 281 g/mol. The summed E-state index contributed by atoms with van der Waals surface area (Å²) in [5.41, 5.74) is 0.316. The lowest BCUT2D eigenvalue weighted by Gasteiger charge is -2.21. The second kappa shape index (κ2) is 6.61. The molecule has 1 aromatic rings. The van der Waals surface area contributed by atoms with Crippen LogP contribution in [0.3, 0.4) is 0 Å². The van der Waals surface area contributed by atoms with Crippen molar-refractivity contribution in [2.45, 2.75) is 39.3 Å². The summed E-state index contributed by atoms with van der Waals surface area (Å²) >= 11 is 0. The minimum atomic E-state index is -0.679. The summed E-state index contributed by atoms with van der Waals surface area (Å²) in [7, 11) is 1.55. The summed E-state index contributed by atoms with van der Waals surface area (Å²) in [5.74, 6) is 0.848. The molecule has 0 aliphatic heterocycles. The van der Waals surface area contributed by atoms with E-state index in [4.69, 9.17) is 9.47 Å². The highest BCUT2D eigenvalue weighted by Gasteiger charge is 2.16. The predicted molar refractivity (Wildman–Crippen MR) is 77.0 cm³/mol. The smallest absolute Gasteiger partial charge is 0.258 e. The van der Waals surface area contributed by atoms with Gasteiger partial charge in [0.2, 0.25) is 0 Å².